The minimum absolute atomic E-state index is 0.271. The van der Waals surface area contributed by atoms with Crippen LogP contribution in [0, 0.1) is 0 Å². The summed E-state index contributed by atoms with van der Waals surface area (Å²) in [5.41, 5.74) is 2.12. The molecule has 0 bridgehead atoms. The first-order valence-electron chi connectivity index (χ1n) is 6.01. The van der Waals surface area contributed by atoms with E-state index in [2.05, 4.69) is 4.57 Å². The molecule has 1 aliphatic rings. The Morgan fingerprint density at radius 3 is 3.00 bits per heavy atom. The Morgan fingerprint density at radius 1 is 1.44 bits per heavy atom. The van der Waals surface area contributed by atoms with Crippen LogP contribution in [0.5, 0.6) is 0 Å². The number of rotatable bonds is 4. The molecule has 0 unspecified atom stereocenters. The number of hydrogen-bond acceptors (Lipinski definition) is 2. The summed E-state index contributed by atoms with van der Waals surface area (Å²) in [6.07, 6.45) is 5.00. The highest BCUT2D eigenvalue weighted by Crippen LogP contribution is 2.22. The van der Waals surface area contributed by atoms with Crippen molar-refractivity contribution in [1.29, 1.82) is 0 Å². The van der Waals surface area contributed by atoms with Crippen molar-refractivity contribution in [2.45, 2.75) is 45.8 Å². The van der Waals surface area contributed by atoms with Gasteiger partial charge in [-0.25, -0.2) is 0 Å². The third-order valence-electron chi connectivity index (χ3n) is 2.98. The van der Waals surface area contributed by atoms with E-state index in [1.54, 1.807) is 0 Å². The van der Waals surface area contributed by atoms with Crippen LogP contribution in [0.1, 0.15) is 42.7 Å². The van der Waals surface area contributed by atoms with Gasteiger partial charge in [0.1, 0.15) is 0 Å². The van der Waals surface area contributed by atoms with Crippen LogP contribution >= 0.6 is 0 Å². The molecule has 3 heteroatoms. The Kier molecular flexibility index (Phi) is 3.44. The summed E-state index contributed by atoms with van der Waals surface area (Å²) >= 11 is 0. The predicted octanol–water partition coefficient (Wildman–Crippen LogP) is 2.43. The highest BCUT2D eigenvalue weighted by Gasteiger charge is 2.20. The molecule has 0 spiro atoms. The lowest BCUT2D eigenvalue weighted by Gasteiger charge is -2.15. The summed E-state index contributed by atoms with van der Waals surface area (Å²) in [6.45, 7) is 5.64. The number of ether oxygens (including phenoxy) is 1. The monoisotopic (exact) mass is 221 g/mol. The standard InChI is InChI=1S/C13H19NO2/c1-10(2)16-9-8-14-7-6-11-12(14)4-3-5-13(11)15/h6-7,10H,3-5,8-9H2,1-2H3. The summed E-state index contributed by atoms with van der Waals surface area (Å²) in [6, 6.07) is 1.95. The molecule has 0 radical (unpaired) electrons. The summed E-state index contributed by atoms with van der Waals surface area (Å²) in [5, 5.41) is 0. The number of hydrogen-bond donors (Lipinski definition) is 0. The van der Waals surface area contributed by atoms with Gasteiger partial charge in [0.2, 0.25) is 0 Å². The van der Waals surface area contributed by atoms with Crippen molar-refractivity contribution < 1.29 is 9.53 Å². The fourth-order valence-corrected chi connectivity index (χ4v) is 2.18. The van der Waals surface area contributed by atoms with Crippen LogP contribution in [0.3, 0.4) is 0 Å². The molecule has 1 aliphatic carbocycles. The smallest absolute Gasteiger partial charge is 0.164 e. The predicted molar refractivity (Wildman–Crippen MR) is 62.8 cm³/mol. The Hall–Kier alpha value is -1.09. The molecule has 2 rings (SSSR count). The highest BCUT2D eigenvalue weighted by atomic mass is 16.5. The molecule has 0 fully saturated rings. The maximum Gasteiger partial charge on any atom is 0.164 e. The van der Waals surface area contributed by atoms with Gasteiger partial charge in [-0.2, -0.15) is 0 Å². The number of carbonyl (C=O) groups excluding carboxylic acids is 1. The Labute approximate surface area is 96.4 Å². The molecule has 16 heavy (non-hydrogen) atoms. The van der Waals surface area contributed by atoms with Crippen LogP contribution in [-0.4, -0.2) is 23.1 Å². The third-order valence-corrected chi connectivity index (χ3v) is 2.98. The van der Waals surface area contributed by atoms with E-state index < -0.39 is 0 Å². The summed E-state index contributed by atoms with van der Waals surface area (Å²) in [5.74, 6) is 0.296. The Morgan fingerprint density at radius 2 is 2.25 bits per heavy atom. The average Bonchev–Trinajstić information content (AvgIpc) is 2.63. The summed E-state index contributed by atoms with van der Waals surface area (Å²) in [4.78, 5) is 11.6. The van der Waals surface area contributed by atoms with Gasteiger partial charge in [0.15, 0.2) is 5.78 Å². The molecule has 1 aromatic heterocycles. The molecule has 0 saturated heterocycles. The van der Waals surface area contributed by atoms with Gasteiger partial charge in [0, 0.05) is 30.4 Å². The van der Waals surface area contributed by atoms with Crippen LogP contribution in [0.2, 0.25) is 0 Å². The molecule has 0 N–H and O–H groups in total. The molecule has 0 amide bonds. The highest BCUT2D eigenvalue weighted by molar-refractivity contribution is 5.98. The van der Waals surface area contributed by atoms with Crippen LogP contribution in [-0.2, 0) is 17.7 Å². The van der Waals surface area contributed by atoms with Crippen LogP contribution in [0.4, 0.5) is 0 Å². The van der Waals surface area contributed by atoms with Crippen LogP contribution in [0.25, 0.3) is 0 Å². The maximum absolute atomic E-state index is 11.6. The minimum Gasteiger partial charge on any atom is -0.377 e. The molecule has 0 aliphatic heterocycles. The number of ketones is 1. The van der Waals surface area contributed by atoms with Crippen molar-refractivity contribution in [2.75, 3.05) is 6.61 Å². The van der Waals surface area contributed by atoms with Crippen molar-refractivity contribution in [3.05, 3.63) is 23.5 Å². The average molecular weight is 221 g/mol. The lowest BCUT2D eigenvalue weighted by atomic mass is 9.97. The molecular weight excluding hydrogens is 202 g/mol. The number of aromatic nitrogens is 1. The summed E-state index contributed by atoms with van der Waals surface area (Å²) < 4.78 is 7.69. The molecule has 3 nitrogen and oxygen atoms in total. The van der Waals surface area contributed by atoms with E-state index in [9.17, 15) is 4.79 Å². The number of nitrogens with zero attached hydrogens (tertiary/aromatic N) is 1. The molecule has 1 aromatic rings. The van der Waals surface area contributed by atoms with Gasteiger partial charge in [-0.1, -0.05) is 0 Å². The van der Waals surface area contributed by atoms with E-state index in [1.807, 2.05) is 26.1 Å². The van der Waals surface area contributed by atoms with Gasteiger partial charge < -0.3 is 9.30 Å². The Bertz CT molecular complexity index is 379. The molecule has 0 saturated carbocycles. The number of carbonyl (C=O) groups is 1. The normalized spacial score (nSPS) is 15.6. The Balaban J connectivity index is 2.03. The van der Waals surface area contributed by atoms with E-state index in [0.29, 0.717) is 18.8 Å². The first-order valence-corrected chi connectivity index (χ1v) is 6.01. The third kappa shape index (κ3) is 2.35. The molecule has 1 heterocycles. The quantitative estimate of drug-likeness (QED) is 0.782. The SMILES string of the molecule is CC(C)OCCn1ccc2c1CCCC2=O. The van der Waals surface area contributed by atoms with Crippen molar-refractivity contribution in [3.63, 3.8) is 0 Å². The second kappa shape index (κ2) is 4.83. The second-order valence-electron chi connectivity index (χ2n) is 4.57. The topological polar surface area (TPSA) is 31.2 Å². The van der Waals surface area contributed by atoms with Gasteiger partial charge in [-0.05, 0) is 32.8 Å². The van der Waals surface area contributed by atoms with E-state index in [1.165, 1.54) is 5.69 Å². The van der Waals surface area contributed by atoms with E-state index in [4.69, 9.17) is 4.74 Å². The van der Waals surface area contributed by atoms with E-state index in [-0.39, 0.29) is 6.10 Å². The fourth-order valence-electron chi connectivity index (χ4n) is 2.18. The molecule has 88 valence electrons. The van der Waals surface area contributed by atoms with E-state index in [0.717, 1.165) is 24.9 Å². The minimum atomic E-state index is 0.271. The van der Waals surface area contributed by atoms with Crippen LogP contribution in [0.15, 0.2) is 12.3 Å². The zero-order valence-corrected chi connectivity index (χ0v) is 10.0. The zero-order chi connectivity index (χ0) is 11.5. The molecule has 0 atom stereocenters. The van der Waals surface area contributed by atoms with E-state index >= 15 is 0 Å². The number of Topliss-reactive ketones (excluding diaryl/α,β-unsaturated/α-hetero) is 1. The van der Waals surface area contributed by atoms with Gasteiger partial charge >= 0.3 is 0 Å². The van der Waals surface area contributed by atoms with Gasteiger partial charge in [-0.3, -0.25) is 4.79 Å². The zero-order valence-electron chi connectivity index (χ0n) is 10.0. The summed E-state index contributed by atoms with van der Waals surface area (Å²) in [7, 11) is 0. The van der Waals surface area contributed by atoms with Gasteiger partial charge in [-0.15, -0.1) is 0 Å². The largest absolute Gasteiger partial charge is 0.377 e. The number of fused-ring (bicyclic) bond motifs is 1. The first-order chi connectivity index (χ1) is 7.68. The molecular formula is C13H19NO2. The maximum atomic E-state index is 11.6. The molecule has 0 aromatic carbocycles. The second-order valence-corrected chi connectivity index (χ2v) is 4.57. The van der Waals surface area contributed by atoms with Gasteiger partial charge in [0.25, 0.3) is 0 Å². The van der Waals surface area contributed by atoms with Gasteiger partial charge in [0.05, 0.1) is 12.7 Å². The first kappa shape index (κ1) is 11.4. The van der Waals surface area contributed by atoms with Crippen molar-refractivity contribution >= 4 is 5.78 Å². The van der Waals surface area contributed by atoms with Crippen molar-refractivity contribution in [2.24, 2.45) is 0 Å². The van der Waals surface area contributed by atoms with Crippen molar-refractivity contribution in [3.8, 4) is 0 Å². The van der Waals surface area contributed by atoms with Crippen molar-refractivity contribution in [1.82, 2.24) is 4.57 Å². The van der Waals surface area contributed by atoms with Crippen LogP contribution < -0.4 is 0 Å². The fraction of sp³-hybridized carbons (Fsp3) is 0.615. The lowest BCUT2D eigenvalue weighted by Crippen LogP contribution is -2.16. The lowest BCUT2D eigenvalue weighted by molar-refractivity contribution is 0.0722.